The summed E-state index contributed by atoms with van der Waals surface area (Å²) in [5, 5.41) is 9.96. The van der Waals surface area contributed by atoms with E-state index in [9.17, 15) is 4.79 Å². The Bertz CT molecular complexity index is 754. The lowest BCUT2D eigenvalue weighted by Crippen LogP contribution is -2.34. The van der Waals surface area contributed by atoms with Gasteiger partial charge in [0.25, 0.3) is 0 Å². The average molecular weight is 328 g/mol. The number of fused-ring (bicyclic) bond motifs is 1. The molecule has 2 amide bonds. The van der Waals surface area contributed by atoms with Crippen LogP contribution in [0, 0.1) is 5.92 Å². The number of amides is 2. The molecule has 1 unspecified atom stereocenters. The van der Waals surface area contributed by atoms with Crippen LogP contribution in [0.15, 0.2) is 30.5 Å². The van der Waals surface area contributed by atoms with Gasteiger partial charge in [-0.05, 0) is 36.5 Å². The van der Waals surface area contributed by atoms with Gasteiger partial charge in [0.05, 0.1) is 12.2 Å². The second kappa shape index (κ2) is 6.07. The number of hydrogen-bond donors (Lipinski definition) is 2. The lowest BCUT2D eigenvalue weighted by atomic mass is 10.0. The van der Waals surface area contributed by atoms with E-state index in [0.717, 1.165) is 29.9 Å². The molecule has 1 aromatic heterocycles. The minimum absolute atomic E-state index is 0.0333. The van der Waals surface area contributed by atoms with Crippen molar-refractivity contribution in [3.63, 3.8) is 0 Å². The lowest BCUT2D eigenvalue weighted by molar-refractivity contribution is 0.171. The monoisotopic (exact) mass is 328 g/mol. The molecule has 2 N–H and O–H groups in total. The first-order chi connectivity index (χ1) is 11.7. The van der Waals surface area contributed by atoms with Gasteiger partial charge in [0.2, 0.25) is 0 Å². The minimum atomic E-state index is -0.231. The SMILES string of the molecule is Cn1nccc1NC(=O)NC(c1ccc2c(c1)OCCO2)C1CC1. The number of aromatic nitrogens is 2. The van der Waals surface area contributed by atoms with Crippen molar-refractivity contribution in [1.29, 1.82) is 0 Å². The van der Waals surface area contributed by atoms with Crippen LogP contribution in [0.25, 0.3) is 0 Å². The molecule has 24 heavy (non-hydrogen) atoms. The molecule has 1 saturated carbocycles. The molecule has 2 aromatic rings. The highest BCUT2D eigenvalue weighted by Gasteiger charge is 2.34. The van der Waals surface area contributed by atoms with Crippen molar-refractivity contribution in [2.75, 3.05) is 18.5 Å². The quantitative estimate of drug-likeness (QED) is 0.904. The van der Waals surface area contributed by atoms with Gasteiger partial charge in [0, 0.05) is 13.1 Å². The Kier molecular flexibility index (Phi) is 3.76. The number of urea groups is 1. The first-order valence-electron chi connectivity index (χ1n) is 8.16. The third-order valence-corrected chi connectivity index (χ3v) is 4.37. The van der Waals surface area contributed by atoms with Crippen molar-refractivity contribution in [3.05, 3.63) is 36.0 Å². The molecule has 0 saturated heterocycles. The normalized spacial score (nSPS) is 17.2. The van der Waals surface area contributed by atoms with E-state index in [1.807, 2.05) is 18.2 Å². The van der Waals surface area contributed by atoms with Crippen molar-refractivity contribution in [1.82, 2.24) is 15.1 Å². The molecule has 7 heteroatoms. The topological polar surface area (TPSA) is 77.4 Å². The van der Waals surface area contributed by atoms with E-state index in [2.05, 4.69) is 15.7 Å². The number of aryl methyl sites for hydroxylation is 1. The largest absolute Gasteiger partial charge is 0.486 e. The van der Waals surface area contributed by atoms with Crippen molar-refractivity contribution in [3.8, 4) is 11.5 Å². The minimum Gasteiger partial charge on any atom is -0.486 e. The van der Waals surface area contributed by atoms with Gasteiger partial charge < -0.3 is 14.8 Å². The molecule has 2 heterocycles. The second-order valence-electron chi connectivity index (χ2n) is 6.16. The Morgan fingerprint density at radius 2 is 2.04 bits per heavy atom. The van der Waals surface area contributed by atoms with Gasteiger partial charge in [-0.1, -0.05) is 6.07 Å². The van der Waals surface area contributed by atoms with Gasteiger partial charge >= 0.3 is 6.03 Å². The van der Waals surface area contributed by atoms with Gasteiger partial charge in [-0.2, -0.15) is 5.10 Å². The molecule has 1 aliphatic heterocycles. The first-order valence-corrected chi connectivity index (χ1v) is 8.16. The van der Waals surface area contributed by atoms with E-state index in [1.54, 1.807) is 24.0 Å². The molecule has 0 spiro atoms. The predicted octanol–water partition coefficient (Wildman–Crippen LogP) is 2.46. The third kappa shape index (κ3) is 3.02. The molecular formula is C17H20N4O3. The number of nitrogens with zero attached hydrogens (tertiary/aromatic N) is 2. The van der Waals surface area contributed by atoms with Crippen LogP contribution in [0.2, 0.25) is 0 Å². The van der Waals surface area contributed by atoms with Crippen LogP contribution in [-0.4, -0.2) is 29.0 Å². The second-order valence-corrected chi connectivity index (χ2v) is 6.16. The smallest absolute Gasteiger partial charge is 0.320 e. The average Bonchev–Trinajstić information content (AvgIpc) is 3.36. The summed E-state index contributed by atoms with van der Waals surface area (Å²) in [5.41, 5.74) is 1.04. The number of benzene rings is 1. The van der Waals surface area contributed by atoms with E-state index in [1.165, 1.54) is 0 Å². The van der Waals surface area contributed by atoms with Crippen molar-refractivity contribution >= 4 is 11.8 Å². The summed E-state index contributed by atoms with van der Waals surface area (Å²) in [6.45, 7) is 1.13. The summed E-state index contributed by atoms with van der Waals surface area (Å²) in [4.78, 5) is 12.3. The molecule has 4 rings (SSSR count). The Labute approximate surface area is 139 Å². The van der Waals surface area contributed by atoms with Crippen molar-refractivity contribution in [2.24, 2.45) is 13.0 Å². The zero-order chi connectivity index (χ0) is 16.5. The Balaban J connectivity index is 1.50. The zero-order valence-corrected chi connectivity index (χ0v) is 13.5. The summed E-state index contributed by atoms with van der Waals surface area (Å²) in [7, 11) is 1.79. The van der Waals surface area contributed by atoms with E-state index in [-0.39, 0.29) is 12.1 Å². The molecule has 2 aliphatic rings. The summed E-state index contributed by atoms with van der Waals surface area (Å²) < 4.78 is 12.8. The fraction of sp³-hybridized carbons (Fsp3) is 0.412. The molecule has 1 atom stereocenters. The van der Waals surface area contributed by atoms with Gasteiger partial charge in [-0.3, -0.25) is 10.00 Å². The highest BCUT2D eigenvalue weighted by molar-refractivity contribution is 5.88. The van der Waals surface area contributed by atoms with Gasteiger partial charge in [-0.15, -0.1) is 0 Å². The fourth-order valence-corrected chi connectivity index (χ4v) is 2.95. The van der Waals surface area contributed by atoms with Crippen molar-refractivity contribution < 1.29 is 14.3 Å². The maximum absolute atomic E-state index is 12.3. The number of rotatable bonds is 4. The molecule has 0 bridgehead atoms. The molecule has 1 aromatic carbocycles. The number of carbonyl (C=O) groups excluding carboxylic acids is 1. The van der Waals surface area contributed by atoms with Crippen LogP contribution in [0.3, 0.4) is 0 Å². The number of nitrogens with one attached hydrogen (secondary N) is 2. The third-order valence-electron chi connectivity index (χ3n) is 4.37. The number of ether oxygens (including phenoxy) is 2. The maximum Gasteiger partial charge on any atom is 0.320 e. The molecule has 1 fully saturated rings. The van der Waals surface area contributed by atoms with Crippen LogP contribution in [0.4, 0.5) is 10.6 Å². The zero-order valence-electron chi connectivity index (χ0n) is 13.5. The highest BCUT2D eigenvalue weighted by Crippen LogP contribution is 2.43. The van der Waals surface area contributed by atoms with Crippen LogP contribution in [0.1, 0.15) is 24.4 Å². The number of hydrogen-bond acceptors (Lipinski definition) is 4. The van der Waals surface area contributed by atoms with Gasteiger partial charge in [-0.25, -0.2) is 4.79 Å². The van der Waals surface area contributed by atoms with Crippen LogP contribution < -0.4 is 20.1 Å². The summed E-state index contributed by atoms with van der Waals surface area (Å²) in [6, 6.07) is 7.39. The molecule has 7 nitrogen and oxygen atoms in total. The summed E-state index contributed by atoms with van der Waals surface area (Å²) in [6.07, 6.45) is 3.88. The first kappa shape index (κ1) is 14.9. The van der Waals surface area contributed by atoms with E-state index in [0.29, 0.717) is 24.9 Å². The number of carbonyl (C=O) groups is 1. The molecule has 0 radical (unpaired) electrons. The molecule has 1 aliphatic carbocycles. The standard InChI is InChI=1S/C17H20N4O3/c1-21-15(6-7-18-21)19-17(22)20-16(11-2-3-11)12-4-5-13-14(10-12)24-9-8-23-13/h4-7,10-11,16H,2-3,8-9H2,1H3,(H2,19,20,22). The molecular weight excluding hydrogens is 308 g/mol. The highest BCUT2D eigenvalue weighted by atomic mass is 16.6. The Morgan fingerprint density at radius 1 is 1.25 bits per heavy atom. The van der Waals surface area contributed by atoms with E-state index >= 15 is 0 Å². The molecule has 126 valence electrons. The maximum atomic E-state index is 12.3. The Hall–Kier alpha value is -2.70. The van der Waals surface area contributed by atoms with E-state index in [4.69, 9.17) is 9.47 Å². The summed E-state index contributed by atoms with van der Waals surface area (Å²) in [5.74, 6) is 2.63. The van der Waals surface area contributed by atoms with Crippen molar-refractivity contribution in [2.45, 2.75) is 18.9 Å². The van der Waals surface area contributed by atoms with E-state index < -0.39 is 0 Å². The number of anilines is 1. The van der Waals surface area contributed by atoms with Gasteiger partial charge in [0.15, 0.2) is 11.5 Å². The lowest BCUT2D eigenvalue weighted by Gasteiger charge is -2.23. The van der Waals surface area contributed by atoms with Gasteiger partial charge in [0.1, 0.15) is 19.0 Å². The van der Waals surface area contributed by atoms with Crippen LogP contribution in [0.5, 0.6) is 11.5 Å². The van der Waals surface area contributed by atoms with Crippen LogP contribution in [-0.2, 0) is 7.05 Å². The Morgan fingerprint density at radius 3 is 2.75 bits per heavy atom. The summed E-state index contributed by atoms with van der Waals surface area (Å²) >= 11 is 0. The predicted molar refractivity (Wildman–Crippen MR) is 88.3 cm³/mol. The van der Waals surface area contributed by atoms with Crippen LogP contribution >= 0.6 is 0 Å². The fourth-order valence-electron chi connectivity index (χ4n) is 2.95.